The largest absolute Gasteiger partial charge is 0.478 e. The molecule has 0 aromatic carbocycles. The quantitative estimate of drug-likeness (QED) is 0.790. The highest BCUT2D eigenvalue weighted by molar-refractivity contribution is 5.93. The molecule has 0 bridgehead atoms. The molecule has 0 fully saturated rings. The Morgan fingerprint density at radius 1 is 1.07 bits per heavy atom. The Balaban J connectivity index is 2.58. The number of nitrogens with zero attached hydrogens (tertiary/aromatic N) is 3. The van der Waals surface area contributed by atoms with Crippen LogP contribution >= 0.6 is 0 Å². The highest BCUT2D eigenvalue weighted by Gasteiger charge is 2.13. The van der Waals surface area contributed by atoms with Crippen molar-refractivity contribution >= 4 is 5.97 Å². The van der Waals surface area contributed by atoms with Gasteiger partial charge >= 0.3 is 5.97 Å². The average molecular weight is 201 g/mol. The van der Waals surface area contributed by atoms with Crippen molar-refractivity contribution in [1.29, 1.82) is 0 Å². The zero-order valence-corrected chi connectivity index (χ0v) is 7.66. The van der Waals surface area contributed by atoms with Crippen molar-refractivity contribution in [3.63, 3.8) is 0 Å². The summed E-state index contributed by atoms with van der Waals surface area (Å²) < 4.78 is 0. The lowest BCUT2D eigenvalue weighted by Gasteiger charge is -2.01. The van der Waals surface area contributed by atoms with Crippen LogP contribution in [0.15, 0.2) is 36.8 Å². The van der Waals surface area contributed by atoms with Crippen molar-refractivity contribution < 1.29 is 9.90 Å². The summed E-state index contributed by atoms with van der Waals surface area (Å²) in [6.07, 6.45) is 4.60. The summed E-state index contributed by atoms with van der Waals surface area (Å²) in [6.45, 7) is 0. The monoisotopic (exact) mass is 201 g/mol. The van der Waals surface area contributed by atoms with E-state index in [0.29, 0.717) is 5.82 Å². The Morgan fingerprint density at radius 3 is 2.40 bits per heavy atom. The van der Waals surface area contributed by atoms with E-state index in [1.807, 2.05) is 0 Å². The van der Waals surface area contributed by atoms with Gasteiger partial charge in [-0.05, 0) is 18.2 Å². The molecule has 1 N–H and O–H groups in total. The molecule has 15 heavy (non-hydrogen) atoms. The van der Waals surface area contributed by atoms with E-state index in [9.17, 15) is 4.79 Å². The van der Waals surface area contributed by atoms with E-state index in [2.05, 4.69) is 15.0 Å². The summed E-state index contributed by atoms with van der Waals surface area (Å²) in [7, 11) is 0. The molecule has 5 heteroatoms. The molecule has 0 spiro atoms. The Morgan fingerprint density at radius 2 is 1.73 bits per heavy atom. The fraction of sp³-hybridized carbons (Fsp3) is 0. The molecule has 2 heterocycles. The lowest BCUT2D eigenvalue weighted by Crippen LogP contribution is -2.02. The molecule has 0 aliphatic carbocycles. The average Bonchev–Trinajstić information content (AvgIpc) is 2.30. The number of rotatable bonds is 2. The molecule has 0 amide bonds. The lowest BCUT2D eigenvalue weighted by atomic mass is 10.2. The maximum absolute atomic E-state index is 10.9. The predicted octanol–water partition coefficient (Wildman–Crippen LogP) is 1.24. The van der Waals surface area contributed by atoms with Crippen LogP contribution in [0.1, 0.15) is 10.4 Å². The smallest absolute Gasteiger partial charge is 0.338 e. The maximum atomic E-state index is 10.9. The second-order valence-electron chi connectivity index (χ2n) is 2.78. The van der Waals surface area contributed by atoms with E-state index in [0.717, 1.165) is 0 Å². The first-order valence-electron chi connectivity index (χ1n) is 4.25. The van der Waals surface area contributed by atoms with Crippen LogP contribution in [-0.4, -0.2) is 26.0 Å². The molecule has 0 saturated carbocycles. The van der Waals surface area contributed by atoms with Gasteiger partial charge in [-0.25, -0.2) is 14.8 Å². The molecule has 0 atom stereocenters. The summed E-state index contributed by atoms with van der Waals surface area (Å²) >= 11 is 0. The first-order valence-corrected chi connectivity index (χ1v) is 4.25. The molecule has 5 nitrogen and oxygen atoms in total. The van der Waals surface area contributed by atoms with Gasteiger partial charge in [-0.3, -0.25) is 4.98 Å². The van der Waals surface area contributed by atoms with Gasteiger partial charge in [-0.1, -0.05) is 0 Å². The molecule has 74 valence electrons. The molecule has 0 aliphatic heterocycles. The molecule has 0 unspecified atom stereocenters. The molecule has 2 aromatic rings. The molecular weight excluding hydrogens is 194 g/mol. The van der Waals surface area contributed by atoms with Gasteiger partial charge in [0.1, 0.15) is 5.69 Å². The van der Waals surface area contributed by atoms with E-state index in [1.165, 1.54) is 12.3 Å². The molecule has 0 radical (unpaired) electrons. The molecule has 2 aromatic heterocycles. The van der Waals surface area contributed by atoms with E-state index >= 15 is 0 Å². The second kappa shape index (κ2) is 3.83. The zero-order chi connectivity index (χ0) is 10.7. The van der Waals surface area contributed by atoms with Gasteiger partial charge in [0.25, 0.3) is 0 Å². The summed E-state index contributed by atoms with van der Waals surface area (Å²) in [5.41, 5.74) is 0.384. The first-order chi connectivity index (χ1) is 7.29. The Labute approximate surface area is 85.5 Å². The number of hydrogen-bond acceptors (Lipinski definition) is 4. The first kappa shape index (κ1) is 9.26. The van der Waals surface area contributed by atoms with Crippen LogP contribution in [0.5, 0.6) is 0 Å². The van der Waals surface area contributed by atoms with Crippen LogP contribution in [0.4, 0.5) is 0 Å². The molecular formula is C10H7N3O2. The van der Waals surface area contributed by atoms with Crippen molar-refractivity contribution in [3.8, 4) is 11.5 Å². The zero-order valence-electron chi connectivity index (χ0n) is 7.66. The number of pyridine rings is 1. The summed E-state index contributed by atoms with van der Waals surface area (Å²) in [5.74, 6) is -0.721. The Bertz CT molecular complexity index is 485. The van der Waals surface area contributed by atoms with Crippen LogP contribution in [-0.2, 0) is 0 Å². The fourth-order valence-corrected chi connectivity index (χ4v) is 1.18. The third-order valence-corrected chi connectivity index (χ3v) is 1.82. The van der Waals surface area contributed by atoms with Gasteiger partial charge in [0.15, 0.2) is 5.82 Å². The molecule has 0 aliphatic rings. The van der Waals surface area contributed by atoms with Gasteiger partial charge < -0.3 is 5.11 Å². The van der Waals surface area contributed by atoms with Gasteiger partial charge in [0, 0.05) is 18.6 Å². The predicted molar refractivity (Wildman–Crippen MR) is 52.2 cm³/mol. The molecule has 2 rings (SSSR count). The van der Waals surface area contributed by atoms with Gasteiger partial charge in [0.05, 0.1) is 5.56 Å². The van der Waals surface area contributed by atoms with Gasteiger partial charge in [0.2, 0.25) is 0 Å². The standard InChI is InChI=1S/C10H7N3O2/c14-10(15)7-3-1-4-11-8(7)9-12-5-2-6-13-9/h1-6H,(H,14,15). The number of carbonyl (C=O) groups is 1. The second-order valence-corrected chi connectivity index (χ2v) is 2.78. The van der Waals surface area contributed by atoms with Crippen LogP contribution in [0, 0.1) is 0 Å². The topological polar surface area (TPSA) is 76.0 Å². The van der Waals surface area contributed by atoms with Gasteiger partial charge in [-0.15, -0.1) is 0 Å². The highest BCUT2D eigenvalue weighted by Crippen LogP contribution is 2.15. The lowest BCUT2D eigenvalue weighted by molar-refractivity contribution is 0.0697. The maximum Gasteiger partial charge on any atom is 0.338 e. The van der Waals surface area contributed by atoms with Crippen molar-refractivity contribution in [2.45, 2.75) is 0 Å². The normalized spacial score (nSPS) is 9.87. The number of hydrogen-bond donors (Lipinski definition) is 1. The Kier molecular flexibility index (Phi) is 2.37. The van der Waals surface area contributed by atoms with Crippen LogP contribution in [0.3, 0.4) is 0 Å². The fourth-order valence-electron chi connectivity index (χ4n) is 1.18. The summed E-state index contributed by atoms with van der Waals surface area (Å²) in [5, 5.41) is 8.93. The third-order valence-electron chi connectivity index (χ3n) is 1.82. The Hall–Kier alpha value is -2.30. The minimum absolute atomic E-state index is 0.101. The molecule has 0 saturated heterocycles. The van der Waals surface area contributed by atoms with Crippen molar-refractivity contribution in [3.05, 3.63) is 42.4 Å². The summed E-state index contributed by atoms with van der Waals surface area (Å²) in [4.78, 5) is 22.8. The van der Waals surface area contributed by atoms with Crippen LogP contribution in [0.25, 0.3) is 11.5 Å². The van der Waals surface area contributed by atoms with Crippen LogP contribution < -0.4 is 0 Å². The third kappa shape index (κ3) is 1.80. The van der Waals surface area contributed by atoms with E-state index in [4.69, 9.17) is 5.11 Å². The van der Waals surface area contributed by atoms with E-state index in [1.54, 1.807) is 24.5 Å². The number of carboxylic acid groups (broad SMARTS) is 1. The number of aromatic nitrogens is 3. The van der Waals surface area contributed by atoms with E-state index in [-0.39, 0.29) is 11.3 Å². The van der Waals surface area contributed by atoms with Crippen LogP contribution in [0.2, 0.25) is 0 Å². The highest BCUT2D eigenvalue weighted by atomic mass is 16.4. The minimum atomic E-state index is -1.04. The van der Waals surface area contributed by atoms with E-state index < -0.39 is 5.97 Å². The SMILES string of the molecule is O=C(O)c1cccnc1-c1ncccn1. The number of aromatic carboxylic acids is 1. The minimum Gasteiger partial charge on any atom is -0.478 e. The van der Waals surface area contributed by atoms with Crippen molar-refractivity contribution in [2.24, 2.45) is 0 Å². The number of carboxylic acids is 1. The van der Waals surface area contributed by atoms with Crippen molar-refractivity contribution in [2.75, 3.05) is 0 Å². The van der Waals surface area contributed by atoms with Crippen molar-refractivity contribution in [1.82, 2.24) is 15.0 Å². The summed E-state index contributed by atoms with van der Waals surface area (Å²) in [6, 6.07) is 4.70. The van der Waals surface area contributed by atoms with Gasteiger partial charge in [-0.2, -0.15) is 0 Å².